The maximum absolute atomic E-state index is 7.44. The molecule has 0 saturated heterocycles. The summed E-state index contributed by atoms with van der Waals surface area (Å²) in [5.41, 5.74) is 0.997. The molecule has 0 aromatic heterocycles. The average molecular weight is 150 g/mol. The van der Waals surface area contributed by atoms with E-state index in [-0.39, 0.29) is 5.41 Å². The predicted octanol–water partition coefficient (Wildman–Crippen LogP) is 2.40. The minimum absolute atomic E-state index is 0.162. The fourth-order valence-corrected chi connectivity index (χ4v) is 1.07. The van der Waals surface area contributed by atoms with Crippen molar-refractivity contribution in [3.63, 3.8) is 0 Å². The van der Waals surface area contributed by atoms with Gasteiger partial charge in [-0.15, -0.1) is 0 Å². The van der Waals surface area contributed by atoms with Gasteiger partial charge < -0.3 is 5.41 Å². The Bertz CT molecular complexity index is 224. The second-order valence-electron chi connectivity index (χ2n) is 3.71. The molecular formula is C9H14N2. The molecule has 0 aliphatic heterocycles. The molecule has 0 saturated carbocycles. The topological polar surface area (TPSA) is 47.7 Å². The first-order chi connectivity index (χ1) is 5.01. The molecule has 1 aliphatic carbocycles. The summed E-state index contributed by atoms with van der Waals surface area (Å²) in [6.07, 6.45) is 5.48. The molecule has 60 valence electrons. The van der Waals surface area contributed by atoms with Crippen molar-refractivity contribution in [2.24, 2.45) is 5.41 Å². The third kappa shape index (κ3) is 2.00. The number of rotatable bonds is 0. The normalized spacial score (nSPS) is 23.5. The van der Waals surface area contributed by atoms with Crippen LogP contribution in [0, 0.1) is 16.2 Å². The summed E-state index contributed by atoms with van der Waals surface area (Å²) in [5.74, 6) is 0. The SMILES string of the molecule is CC1(C)C=CC(=N)C(=N)CC1. The van der Waals surface area contributed by atoms with Crippen LogP contribution in [0.25, 0.3) is 0 Å². The summed E-state index contributed by atoms with van der Waals surface area (Å²) < 4.78 is 0. The van der Waals surface area contributed by atoms with Gasteiger partial charge in [-0.25, -0.2) is 0 Å². The fourth-order valence-electron chi connectivity index (χ4n) is 1.07. The fraction of sp³-hybridized carbons (Fsp3) is 0.556. The average Bonchev–Trinajstić information content (AvgIpc) is 2.03. The second-order valence-corrected chi connectivity index (χ2v) is 3.71. The van der Waals surface area contributed by atoms with E-state index < -0.39 is 0 Å². The van der Waals surface area contributed by atoms with Crippen LogP contribution in [-0.2, 0) is 0 Å². The largest absolute Gasteiger partial charge is 0.303 e. The van der Waals surface area contributed by atoms with Crippen molar-refractivity contribution < 1.29 is 0 Å². The van der Waals surface area contributed by atoms with Crippen LogP contribution in [0.3, 0.4) is 0 Å². The maximum atomic E-state index is 7.44. The van der Waals surface area contributed by atoms with Crippen LogP contribution in [0.4, 0.5) is 0 Å². The lowest BCUT2D eigenvalue weighted by Gasteiger charge is -2.16. The van der Waals surface area contributed by atoms with E-state index in [1.165, 1.54) is 0 Å². The Labute approximate surface area is 67.3 Å². The van der Waals surface area contributed by atoms with Crippen LogP contribution in [0.2, 0.25) is 0 Å². The summed E-state index contributed by atoms with van der Waals surface area (Å²) in [6.45, 7) is 4.27. The lowest BCUT2D eigenvalue weighted by molar-refractivity contribution is 0.450. The molecule has 0 atom stereocenters. The van der Waals surface area contributed by atoms with Crippen molar-refractivity contribution in [2.45, 2.75) is 26.7 Å². The highest BCUT2D eigenvalue weighted by Crippen LogP contribution is 2.26. The molecule has 2 nitrogen and oxygen atoms in total. The molecule has 1 rings (SSSR count). The monoisotopic (exact) mass is 150 g/mol. The highest BCUT2D eigenvalue weighted by atomic mass is 14.5. The summed E-state index contributed by atoms with van der Waals surface area (Å²) in [6, 6.07) is 0. The van der Waals surface area contributed by atoms with Crippen LogP contribution in [-0.4, -0.2) is 11.4 Å². The van der Waals surface area contributed by atoms with Gasteiger partial charge in [0, 0.05) is 0 Å². The van der Waals surface area contributed by atoms with Gasteiger partial charge in [-0.1, -0.05) is 19.9 Å². The van der Waals surface area contributed by atoms with E-state index in [1.807, 2.05) is 6.08 Å². The van der Waals surface area contributed by atoms with Crippen molar-refractivity contribution in [1.29, 1.82) is 10.8 Å². The Morgan fingerprint density at radius 3 is 2.64 bits per heavy atom. The summed E-state index contributed by atoms with van der Waals surface area (Å²) in [5, 5.41) is 14.8. The van der Waals surface area contributed by atoms with Crippen LogP contribution in [0.5, 0.6) is 0 Å². The van der Waals surface area contributed by atoms with Crippen molar-refractivity contribution in [1.82, 2.24) is 0 Å². The van der Waals surface area contributed by atoms with Crippen LogP contribution >= 0.6 is 0 Å². The van der Waals surface area contributed by atoms with Crippen LogP contribution in [0.1, 0.15) is 26.7 Å². The molecule has 0 heterocycles. The highest BCUT2D eigenvalue weighted by molar-refractivity contribution is 6.44. The van der Waals surface area contributed by atoms with Crippen molar-refractivity contribution in [3.8, 4) is 0 Å². The molecule has 0 radical (unpaired) electrons. The van der Waals surface area contributed by atoms with Gasteiger partial charge >= 0.3 is 0 Å². The van der Waals surface area contributed by atoms with E-state index >= 15 is 0 Å². The minimum atomic E-state index is 0.162. The van der Waals surface area contributed by atoms with Gasteiger partial charge in [-0.2, -0.15) is 0 Å². The van der Waals surface area contributed by atoms with Gasteiger partial charge in [-0.3, -0.25) is 5.41 Å². The second kappa shape index (κ2) is 2.61. The number of hydrogen-bond acceptors (Lipinski definition) is 2. The summed E-state index contributed by atoms with van der Waals surface area (Å²) in [4.78, 5) is 0. The third-order valence-electron chi connectivity index (χ3n) is 2.05. The third-order valence-corrected chi connectivity index (χ3v) is 2.05. The Kier molecular flexibility index (Phi) is 1.94. The van der Waals surface area contributed by atoms with Gasteiger partial charge in [0.1, 0.15) is 0 Å². The van der Waals surface area contributed by atoms with Gasteiger partial charge in [0.05, 0.1) is 11.4 Å². The molecule has 0 aromatic carbocycles. The molecular weight excluding hydrogens is 136 g/mol. The molecule has 0 bridgehead atoms. The standard InChI is InChI=1S/C9H14N2/c1-9(2)5-3-7(10)8(11)4-6-9/h3,5,10-11H,4,6H2,1-2H3. The maximum Gasteiger partial charge on any atom is 0.0744 e. The first kappa shape index (κ1) is 8.18. The quantitative estimate of drug-likeness (QED) is 0.532. The molecule has 2 N–H and O–H groups in total. The van der Waals surface area contributed by atoms with Crippen LogP contribution < -0.4 is 0 Å². The number of nitrogens with one attached hydrogen (secondary N) is 2. The zero-order chi connectivity index (χ0) is 8.48. The minimum Gasteiger partial charge on any atom is -0.303 e. The molecule has 0 aromatic rings. The first-order valence-corrected chi connectivity index (χ1v) is 3.87. The Balaban J connectivity index is 2.83. The van der Waals surface area contributed by atoms with Crippen LogP contribution in [0.15, 0.2) is 12.2 Å². The smallest absolute Gasteiger partial charge is 0.0744 e. The van der Waals surface area contributed by atoms with Gasteiger partial charge in [0.2, 0.25) is 0 Å². The molecule has 1 aliphatic rings. The highest BCUT2D eigenvalue weighted by Gasteiger charge is 2.18. The molecule has 11 heavy (non-hydrogen) atoms. The van der Waals surface area contributed by atoms with E-state index in [9.17, 15) is 0 Å². The number of hydrogen-bond donors (Lipinski definition) is 2. The first-order valence-electron chi connectivity index (χ1n) is 3.87. The van der Waals surface area contributed by atoms with Gasteiger partial charge in [0.25, 0.3) is 0 Å². The van der Waals surface area contributed by atoms with E-state index in [0.717, 1.165) is 12.8 Å². The van der Waals surface area contributed by atoms with Crippen molar-refractivity contribution in [3.05, 3.63) is 12.2 Å². The van der Waals surface area contributed by atoms with Gasteiger partial charge in [0.15, 0.2) is 0 Å². The molecule has 0 spiro atoms. The molecule has 0 fully saturated rings. The lowest BCUT2D eigenvalue weighted by atomic mass is 9.88. The summed E-state index contributed by atoms with van der Waals surface area (Å²) >= 11 is 0. The summed E-state index contributed by atoms with van der Waals surface area (Å²) in [7, 11) is 0. The van der Waals surface area contributed by atoms with E-state index in [4.69, 9.17) is 10.8 Å². The lowest BCUT2D eigenvalue weighted by Crippen LogP contribution is -2.09. The van der Waals surface area contributed by atoms with Crippen molar-refractivity contribution >= 4 is 11.4 Å². The number of allylic oxidation sites excluding steroid dienone is 2. The van der Waals surface area contributed by atoms with Crippen molar-refractivity contribution in [2.75, 3.05) is 0 Å². The molecule has 0 unspecified atom stereocenters. The Morgan fingerprint density at radius 2 is 2.00 bits per heavy atom. The predicted molar refractivity (Wildman–Crippen MR) is 47.6 cm³/mol. The van der Waals surface area contributed by atoms with E-state index in [1.54, 1.807) is 6.08 Å². The zero-order valence-corrected chi connectivity index (χ0v) is 7.07. The van der Waals surface area contributed by atoms with E-state index in [0.29, 0.717) is 11.4 Å². The Morgan fingerprint density at radius 1 is 1.36 bits per heavy atom. The Hall–Kier alpha value is -0.920. The zero-order valence-electron chi connectivity index (χ0n) is 7.07. The van der Waals surface area contributed by atoms with E-state index in [2.05, 4.69) is 13.8 Å². The molecule has 2 heteroatoms. The molecule has 0 amide bonds. The van der Waals surface area contributed by atoms with Gasteiger partial charge in [-0.05, 0) is 24.3 Å².